The summed E-state index contributed by atoms with van der Waals surface area (Å²) in [6.07, 6.45) is -0.0975. The lowest BCUT2D eigenvalue weighted by atomic mass is 10.00. The second-order valence-corrected chi connectivity index (χ2v) is 5.61. The van der Waals surface area contributed by atoms with E-state index in [1.165, 1.54) is 0 Å². The molecule has 1 saturated heterocycles. The van der Waals surface area contributed by atoms with Crippen molar-refractivity contribution in [3.05, 3.63) is 0 Å². The molecule has 0 spiro atoms. The summed E-state index contributed by atoms with van der Waals surface area (Å²) < 4.78 is 5.14. The molecule has 1 aliphatic rings. The van der Waals surface area contributed by atoms with Crippen LogP contribution in [-0.2, 0) is 4.74 Å². The van der Waals surface area contributed by atoms with Crippen LogP contribution in [0.1, 0.15) is 27.2 Å². The predicted molar refractivity (Wildman–Crippen MR) is 61.2 cm³/mol. The Balaban J connectivity index is 3.12. The lowest BCUT2D eigenvalue weighted by Gasteiger charge is -2.44. The Kier molecular flexibility index (Phi) is 3.62. The SMILES string of the molecule is COC[C@H]1C[C@@H](N)C[N+]1(C(=O)O)C(C)(C)C. The molecule has 3 atom stereocenters. The molecule has 1 unspecified atom stereocenters. The second-order valence-electron chi connectivity index (χ2n) is 5.61. The molecule has 0 saturated carbocycles. The van der Waals surface area contributed by atoms with Gasteiger partial charge in [-0.2, -0.15) is 4.79 Å². The van der Waals surface area contributed by atoms with Crippen molar-refractivity contribution in [2.24, 2.45) is 5.73 Å². The van der Waals surface area contributed by atoms with E-state index in [-0.39, 0.29) is 22.1 Å². The maximum Gasteiger partial charge on any atom is 0.514 e. The van der Waals surface area contributed by atoms with Gasteiger partial charge in [-0.1, -0.05) is 0 Å². The third-order valence-corrected chi connectivity index (χ3v) is 3.62. The summed E-state index contributed by atoms with van der Waals surface area (Å²) in [4.78, 5) is 11.7. The van der Waals surface area contributed by atoms with E-state index in [0.717, 1.165) is 0 Å². The van der Waals surface area contributed by atoms with E-state index in [9.17, 15) is 9.90 Å². The molecule has 94 valence electrons. The number of nitrogens with zero attached hydrogens (tertiary/aromatic N) is 1. The Labute approximate surface area is 96.8 Å². The van der Waals surface area contributed by atoms with Gasteiger partial charge in [0, 0.05) is 13.5 Å². The molecule has 0 aliphatic carbocycles. The van der Waals surface area contributed by atoms with E-state index >= 15 is 0 Å². The van der Waals surface area contributed by atoms with Gasteiger partial charge in [0.1, 0.15) is 18.1 Å². The average molecular weight is 231 g/mol. The van der Waals surface area contributed by atoms with Crippen molar-refractivity contribution < 1.29 is 19.1 Å². The fraction of sp³-hybridized carbons (Fsp3) is 0.909. The molecular formula is C11H23N2O3+. The number of ether oxygens (including phenoxy) is 1. The highest BCUT2D eigenvalue weighted by Crippen LogP contribution is 2.36. The summed E-state index contributed by atoms with van der Waals surface area (Å²) in [5.41, 5.74) is 5.56. The lowest BCUT2D eigenvalue weighted by molar-refractivity contribution is -0.915. The number of amides is 1. The molecular weight excluding hydrogens is 208 g/mol. The maximum atomic E-state index is 11.7. The standard InChI is InChI=1S/C11H22N2O3/c1-11(2,3)13(10(14)15)6-8(12)5-9(13)7-16-4/h8-9H,5-7,12H2,1-4H3/p+1/t8-,9-,13?/m1/s1. The molecule has 0 aromatic rings. The number of carbonyl (C=O) groups is 1. The minimum absolute atomic E-state index is 0.00199. The summed E-state index contributed by atoms with van der Waals surface area (Å²) in [6, 6.07) is -0.118. The largest absolute Gasteiger partial charge is 0.514 e. The van der Waals surface area contributed by atoms with Crippen LogP contribution in [0.4, 0.5) is 4.79 Å². The number of likely N-dealkylation sites (tertiary alicyclic amines) is 1. The molecule has 1 rings (SSSR count). The molecule has 5 nitrogen and oxygen atoms in total. The number of methoxy groups -OCH3 is 1. The van der Waals surface area contributed by atoms with E-state index in [1.54, 1.807) is 7.11 Å². The third-order valence-electron chi connectivity index (χ3n) is 3.62. The number of quaternary nitrogens is 1. The smallest absolute Gasteiger partial charge is 0.435 e. The van der Waals surface area contributed by atoms with Gasteiger partial charge in [-0.15, -0.1) is 0 Å². The Morgan fingerprint density at radius 1 is 1.56 bits per heavy atom. The fourth-order valence-corrected chi connectivity index (χ4v) is 2.85. The van der Waals surface area contributed by atoms with E-state index in [0.29, 0.717) is 19.6 Å². The number of nitrogens with two attached hydrogens (primary N) is 1. The minimum Gasteiger partial charge on any atom is -0.435 e. The first-order valence-corrected chi connectivity index (χ1v) is 5.61. The molecule has 0 aromatic heterocycles. The molecule has 1 fully saturated rings. The van der Waals surface area contributed by atoms with Gasteiger partial charge in [0.25, 0.3) is 0 Å². The van der Waals surface area contributed by atoms with Gasteiger partial charge in [-0.25, -0.2) is 4.48 Å². The van der Waals surface area contributed by atoms with Crippen molar-refractivity contribution in [2.75, 3.05) is 20.3 Å². The number of hydrogen-bond acceptors (Lipinski definition) is 3. The first kappa shape index (κ1) is 13.4. The van der Waals surface area contributed by atoms with Gasteiger partial charge in [-0.3, -0.25) is 0 Å². The van der Waals surface area contributed by atoms with E-state index in [2.05, 4.69) is 0 Å². The fourth-order valence-electron chi connectivity index (χ4n) is 2.85. The minimum atomic E-state index is -0.803. The zero-order valence-corrected chi connectivity index (χ0v) is 10.6. The van der Waals surface area contributed by atoms with Crippen LogP contribution in [0.3, 0.4) is 0 Å². The number of rotatable bonds is 2. The summed E-state index contributed by atoms with van der Waals surface area (Å²) >= 11 is 0. The van der Waals surface area contributed by atoms with E-state index < -0.39 is 6.09 Å². The Morgan fingerprint density at radius 3 is 2.50 bits per heavy atom. The molecule has 1 amide bonds. The number of hydrogen-bond donors (Lipinski definition) is 2. The molecule has 16 heavy (non-hydrogen) atoms. The van der Waals surface area contributed by atoms with Crippen LogP contribution in [0, 0.1) is 0 Å². The van der Waals surface area contributed by atoms with Gasteiger partial charge < -0.3 is 15.6 Å². The maximum absolute atomic E-state index is 11.7. The van der Waals surface area contributed by atoms with E-state index in [1.807, 2.05) is 20.8 Å². The van der Waals surface area contributed by atoms with Crippen molar-refractivity contribution in [3.63, 3.8) is 0 Å². The van der Waals surface area contributed by atoms with Crippen molar-refractivity contribution in [3.8, 4) is 0 Å². The first-order chi connectivity index (χ1) is 7.25. The molecule has 0 aromatic carbocycles. The van der Waals surface area contributed by atoms with Crippen molar-refractivity contribution in [1.82, 2.24) is 0 Å². The van der Waals surface area contributed by atoms with Crippen LogP contribution in [0.5, 0.6) is 0 Å². The van der Waals surface area contributed by atoms with Crippen molar-refractivity contribution in [2.45, 2.75) is 44.8 Å². The number of carboxylic acid groups (broad SMARTS) is 1. The average Bonchev–Trinajstić information content (AvgIpc) is 2.43. The van der Waals surface area contributed by atoms with Crippen LogP contribution < -0.4 is 5.73 Å². The highest BCUT2D eigenvalue weighted by Gasteiger charge is 2.58. The van der Waals surface area contributed by atoms with Gasteiger partial charge in [0.05, 0.1) is 12.6 Å². The summed E-state index contributed by atoms with van der Waals surface area (Å²) in [7, 11) is 1.60. The Hall–Kier alpha value is -0.650. The van der Waals surface area contributed by atoms with Crippen LogP contribution in [0.15, 0.2) is 0 Å². The molecule has 3 N–H and O–H groups in total. The highest BCUT2D eigenvalue weighted by molar-refractivity contribution is 5.58. The van der Waals surface area contributed by atoms with Crippen molar-refractivity contribution in [1.29, 1.82) is 0 Å². The molecule has 5 heteroatoms. The second kappa shape index (κ2) is 4.31. The molecule has 1 aliphatic heterocycles. The zero-order chi connectivity index (χ0) is 12.6. The summed E-state index contributed by atoms with van der Waals surface area (Å²) in [5, 5.41) is 9.58. The quantitative estimate of drug-likeness (QED) is 0.696. The molecule has 0 radical (unpaired) electrons. The topological polar surface area (TPSA) is 72.5 Å². The van der Waals surface area contributed by atoms with Crippen LogP contribution in [0.2, 0.25) is 0 Å². The highest BCUT2D eigenvalue weighted by atomic mass is 16.5. The van der Waals surface area contributed by atoms with Crippen LogP contribution >= 0.6 is 0 Å². The molecule has 0 bridgehead atoms. The summed E-state index contributed by atoms with van der Waals surface area (Å²) in [5.74, 6) is 0. The normalized spacial score (nSPS) is 35.3. The van der Waals surface area contributed by atoms with Crippen LogP contribution in [-0.4, -0.2) is 53.6 Å². The third kappa shape index (κ3) is 1.95. The first-order valence-electron chi connectivity index (χ1n) is 5.61. The Bertz CT molecular complexity index is 275. The summed E-state index contributed by atoms with van der Waals surface area (Å²) in [6.45, 7) is 6.76. The predicted octanol–water partition coefficient (Wildman–Crippen LogP) is 1.03. The Morgan fingerprint density at radius 2 is 2.12 bits per heavy atom. The van der Waals surface area contributed by atoms with Gasteiger partial charge >= 0.3 is 6.09 Å². The van der Waals surface area contributed by atoms with Crippen LogP contribution in [0.25, 0.3) is 0 Å². The van der Waals surface area contributed by atoms with Gasteiger partial charge in [0.2, 0.25) is 0 Å². The monoisotopic (exact) mass is 231 g/mol. The van der Waals surface area contributed by atoms with Gasteiger partial charge in [-0.05, 0) is 20.8 Å². The lowest BCUT2D eigenvalue weighted by Crippen LogP contribution is -2.67. The van der Waals surface area contributed by atoms with Crippen molar-refractivity contribution >= 4 is 6.09 Å². The molecule has 1 heterocycles. The van der Waals surface area contributed by atoms with E-state index in [4.69, 9.17) is 10.5 Å². The zero-order valence-electron chi connectivity index (χ0n) is 10.6. The van der Waals surface area contributed by atoms with Gasteiger partial charge in [0.15, 0.2) is 0 Å².